The summed E-state index contributed by atoms with van der Waals surface area (Å²) in [6.45, 7) is 2.10. The maximum Gasteiger partial charge on any atom is 0.150 e. The van der Waals surface area contributed by atoms with Crippen molar-refractivity contribution in [1.29, 1.82) is 0 Å². The zero-order valence-electron chi connectivity index (χ0n) is 6.27. The van der Waals surface area contributed by atoms with Crippen molar-refractivity contribution in [3.05, 3.63) is 0 Å². The van der Waals surface area contributed by atoms with E-state index in [2.05, 4.69) is 6.92 Å². The molecule has 0 aromatic heterocycles. The topological polar surface area (TPSA) is 17.1 Å². The number of carbonyl (C=O) groups excluding carboxylic acids is 1. The molecule has 1 nitrogen and oxygen atoms in total. The summed E-state index contributed by atoms with van der Waals surface area (Å²) in [4.78, 5) is 11.0. The van der Waals surface area contributed by atoms with Gasteiger partial charge in [0, 0.05) is 6.42 Å². The van der Waals surface area contributed by atoms with Crippen molar-refractivity contribution in [2.24, 2.45) is 5.92 Å². The number of hydrogen-bond donors (Lipinski definition) is 0. The molecule has 0 heterocycles. The predicted molar refractivity (Wildman–Crippen MR) is 42.3 cm³/mol. The number of halogens is 1. The van der Waals surface area contributed by atoms with Gasteiger partial charge in [-0.15, -0.1) is 11.6 Å². The third-order valence-electron chi connectivity index (χ3n) is 2.24. The van der Waals surface area contributed by atoms with E-state index >= 15 is 0 Å². The van der Waals surface area contributed by atoms with Crippen LogP contribution in [0.1, 0.15) is 32.6 Å². The molecule has 0 spiro atoms. The van der Waals surface area contributed by atoms with Gasteiger partial charge in [-0.2, -0.15) is 0 Å². The number of alkyl halides is 1. The van der Waals surface area contributed by atoms with Crippen LogP contribution in [0, 0.1) is 5.92 Å². The van der Waals surface area contributed by atoms with Gasteiger partial charge in [-0.05, 0) is 18.8 Å². The molecule has 1 aliphatic rings. The summed E-state index contributed by atoms with van der Waals surface area (Å²) < 4.78 is 0. The van der Waals surface area contributed by atoms with Crippen LogP contribution < -0.4 is 0 Å². The van der Waals surface area contributed by atoms with E-state index in [-0.39, 0.29) is 11.2 Å². The van der Waals surface area contributed by atoms with Crippen LogP contribution in [0.15, 0.2) is 0 Å². The molecule has 2 atom stereocenters. The molecular formula is C8H13ClO. The van der Waals surface area contributed by atoms with E-state index in [1.807, 2.05) is 0 Å². The summed E-state index contributed by atoms with van der Waals surface area (Å²) in [6.07, 6.45) is 3.92. The Morgan fingerprint density at radius 3 is 2.90 bits per heavy atom. The molecule has 0 N–H and O–H groups in total. The fourth-order valence-electron chi connectivity index (χ4n) is 1.50. The SMILES string of the molecule is CC[C@@H]1CCCC(=O)[C@@H]1Cl. The first kappa shape index (κ1) is 8.06. The Morgan fingerprint density at radius 2 is 2.40 bits per heavy atom. The molecule has 10 heavy (non-hydrogen) atoms. The van der Waals surface area contributed by atoms with Crippen molar-refractivity contribution < 1.29 is 4.79 Å². The highest BCUT2D eigenvalue weighted by Crippen LogP contribution is 2.28. The summed E-state index contributed by atoms with van der Waals surface area (Å²) >= 11 is 5.88. The third-order valence-corrected chi connectivity index (χ3v) is 2.84. The third kappa shape index (κ3) is 1.51. The fourth-order valence-corrected chi connectivity index (χ4v) is 1.91. The number of Topliss-reactive ketones (excluding diaryl/α,β-unsaturated/α-hetero) is 1. The molecule has 0 radical (unpaired) electrons. The van der Waals surface area contributed by atoms with Gasteiger partial charge in [0.05, 0.1) is 5.38 Å². The van der Waals surface area contributed by atoms with Crippen molar-refractivity contribution in [1.82, 2.24) is 0 Å². The van der Waals surface area contributed by atoms with Gasteiger partial charge in [0.1, 0.15) is 0 Å². The standard InChI is InChI=1S/C8H13ClO/c1-2-6-4-3-5-7(10)8(6)9/h6,8H,2-5H2,1H3/t6-,8-/m1/s1. The fraction of sp³-hybridized carbons (Fsp3) is 0.875. The second-order valence-corrected chi connectivity index (χ2v) is 3.40. The van der Waals surface area contributed by atoms with Crippen LogP contribution in [0.2, 0.25) is 0 Å². The van der Waals surface area contributed by atoms with Crippen LogP contribution in [0.4, 0.5) is 0 Å². The zero-order valence-corrected chi connectivity index (χ0v) is 7.03. The molecule has 1 rings (SSSR count). The maximum absolute atomic E-state index is 11.0. The minimum atomic E-state index is -0.182. The summed E-state index contributed by atoms with van der Waals surface area (Å²) in [6, 6.07) is 0. The molecule has 0 aromatic carbocycles. The van der Waals surface area contributed by atoms with Crippen LogP contribution in [0.3, 0.4) is 0 Å². The first-order valence-electron chi connectivity index (χ1n) is 3.92. The Labute approximate surface area is 66.8 Å². The van der Waals surface area contributed by atoms with Crippen molar-refractivity contribution in [2.45, 2.75) is 38.0 Å². The highest BCUT2D eigenvalue weighted by Gasteiger charge is 2.28. The zero-order chi connectivity index (χ0) is 7.56. The van der Waals surface area contributed by atoms with Gasteiger partial charge >= 0.3 is 0 Å². The van der Waals surface area contributed by atoms with Crippen molar-refractivity contribution in [3.8, 4) is 0 Å². The molecule has 0 saturated heterocycles. The average Bonchev–Trinajstić information content (AvgIpc) is 1.95. The molecule has 0 unspecified atom stereocenters. The molecule has 0 amide bonds. The maximum atomic E-state index is 11.0. The molecule has 58 valence electrons. The number of hydrogen-bond acceptors (Lipinski definition) is 1. The Kier molecular flexibility index (Phi) is 2.72. The summed E-state index contributed by atoms with van der Waals surface area (Å²) in [5.41, 5.74) is 0. The van der Waals surface area contributed by atoms with Crippen LogP contribution in [0.25, 0.3) is 0 Å². The molecule has 0 aromatic rings. The Morgan fingerprint density at radius 1 is 1.70 bits per heavy atom. The lowest BCUT2D eigenvalue weighted by atomic mass is 9.86. The first-order valence-corrected chi connectivity index (χ1v) is 4.36. The molecule has 2 heteroatoms. The normalized spacial score (nSPS) is 34.4. The molecule has 1 aliphatic carbocycles. The Bertz CT molecular complexity index is 133. The van der Waals surface area contributed by atoms with E-state index in [4.69, 9.17) is 11.6 Å². The van der Waals surface area contributed by atoms with Crippen molar-refractivity contribution >= 4 is 17.4 Å². The van der Waals surface area contributed by atoms with E-state index in [9.17, 15) is 4.79 Å². The number of ketones is 1. The number of rotatable bonds is 1. The van der Waals surface area contributed by atoms with Crippen LogP contribution in [-0.4, -0.2) is 11.2 Å². The quantitative estimate of drug-likeness (QED) is 0.539. The smallest absolute Gasteiger partial charge is 0.150 e. The highest BCUT2D eigenvalue weighted by molar-refractivity contribution is 6.31. The molecular weight excluding hydrogens is 148 g/mol. The first-order chi connectivity index (χ1) is 4.75. The predicted octanol–water partition coefficient (Wildman–Crippen LogP) is 2.37. The van der Waals surface area contributed by atoms with E-state index in [0.717, 1.165) is 19.3 Å². The van der Waals surface area contributed by atoms with Gasteiger partial charge in [0.2, 0.25) is 0 Å². The highest BCUT2D eigenvalue weighted by atomic mass is 35.5. The Balaban J connectivity index is 2.51. The lowest BCUT2D eigenvalue weighted by Crippen LogP contribution is -2.28. The van der Waals surface area contributed by atoms with E-state index in [0.29, 0.717) is 12.3 Å². The van der Waals surface area contributed by atoms with Crippen LogP contribution in [0.5, 0.6) is 0 Å². The summed E-state index contributed by atoms with van der Waals surface area (Å²) in [5.74, 6) is 0.697. The van der Waals surface area contributed by atoms with E-state index < -0.39 is 0 Å². The van der Waals surface area contributed by atoms with Gasteiger partial charge in [0.25, 0.3) is 0 Å². The van der Waals surface area contributed by atoms with Crippen LogP contribution in [-0.2, 0) is 4.79 Å². The van der Waals surface area contributed by atoms with E-state index in [1.165, 1.54) is 0 Å². The van der Waals surface area contributed by atoms with E-state index in [1.54, 1.807) is 0 Å². The van der Waals surface area contributed by atoms with Crippen LogP contribution >= 0.6 is 11.6 Å². The monoisotopic (exact) mass is 160 g/mol. The summed E-state index contributed by atoms with van der Waals surface area (Å²) in [7, 11) is 0. The number of carbonyl (C=O) groups is 1. The second-order valence-electron chi connectivity index (χ2n) is 2.93. The molecule has 0 aliphatic heterocycles. The van der Waals surface area contributed by atoms with Crippen molar-refractivity contribution in [3.63, 3.8) is 0 Å². The van der Waals surface area contributed by atoms with Gasteiger partial charge in [-0.25, -0.2) is 0 Å². The van der Waals surface area contributed by atoms with Gasteiger partial charge < -0.3 is 0 Å². The second kappa shape index (κ2) is 3.38. The lowest BCUT2D eigenvalue weighted by molar-refractivity contribution is -0.121. The molecule has 1 saturated carbocycles. The van der Waals surface area contributed by atoms with Gasteiger partial charge in [-0.1, -0.05) is 13.3 Å². The van der Waals surface area contributed by atoms with Crippen molar-refractivity contribution in [2.75, 3.05) is 0 Å². The largest absolute Gasteiger partial charge is 0.298 e. The average molecular weight is 161 g/mol. The lowest BCUT2D eigenvalue weighted by Gasteiger charge is -2.24. The Hall–Kier alpha value is -0.0400. The minimum Gasteiger partial charge on any atom is -0.298 e. The molecule has 0 bridgehead atoms. The van der Waals surface area contributed by atoms with Gasteiger partial charge in [0.15, 0.2) is 5.78 Å². The summed E-state index contributed by atoms with van der Waals surface area (Å²) in [5, 5.41) is -0.182. The van der Waals surface area contributed by atoms with Gasteiger partial charge in [-0.3, -0.25) is 4.79 Å². The minimum absolute atomic E-state index is 0.182. The molecule has 1 fully saturated rings.